The summed E-state index contributed by atoms with van der Waals surface area (Å²) < 4.78 is 61.6. The Morgan fingerprint density at radius 3 is 2.29 bits per heavy atom. The van der Waals surface area contributed by atoms with Gasteiger partial charge in [-0.1, -0.05) is 6.92 Å². The minimum atomic E-state index is -4.50. The fraction of sp³-hybridized carbons (Fsp3) is 0.545. The van der Waals surface area contributed by atoms with Crippen LogP contribution in [0.1, 0.15) is 23.5 Å². The molecule has 0 saturated heterocycles. The van der Waals surface area contributed by atoms with Crippen LogP contribution >= 0.6 is 11.3 Å². The van der Waals surface area contributed by atoms with Crippen LogP contribution in [0.15, 0.2) is 4.90 Å². The molecular formula is C11H15F3N2O3S2. The Balaban J connectivity index is 3.51. The number of nitrogens with zero attached hydrogens (tertiary/aromatic N) is 1. The summed E-state index contributed by atoms with van der Waals surface area (Å²) >= 11 is 0.657. The lowest BCUT2D eigenvalue weighted by Crippen LogP contribution is -2.31. The highest BCUT2D eigenvalue weighted by atomic mass is 32.2. The Morgan fingerprint density at radius 2 is 1.90 bits per heavy atom. The first kappa shape index (κ1) is 17.8. The average molecular weight is 344 g/mol. The van der Waals surface area contributed by atoms with Crippen molar-refractivity contribution in [3.8, 4) is 0 Å². The second-order valence-electron chi connectivity index (χ2n) is 4.41. The summed E-state index contributed by atoms with van der Waals surface area (Å²) in [6.45, 7) is 1.20. The van der Waals surface area contributed by atoms with Crippen molar-refractivity contribution >= 4 is 37.6 Å². The number of alkyl halides is 3. The van der Waals surface area contributed by atoms with Crippen LogP contribution < -0.4 is 10.6 Å². The van der Waals surface area contributed by atoms with E-state index in [2.05, 4.69) is 0 Å². The summed E-state index contributed by atoms with van der Waals surface area (Å²) in [5.41, 5.74) is 5.39. The van der Waals surface area contributed by atoms with Gasteiger partial charge in [-0.25, -0.2) is 8.42 Å². The molecule has 1 aromatic rings. The van der Waals surface area contributed by atoms with Crippen molar-refractivity contribution in [3.05, 3.63) is 4.88 Å². The van der Waals surface area contributed by atoms with Gasteiger partial charge in [-0.3, -0.25) is 4.79 Å². The highest BCUT2D eigenvalue weighted by molar-refractivity contribution is 7.92. The SMILES string of the molecule is CCS(=O)(=O)c1c(N(C)CC(F)(F)F)sc(C(C)=O)c1N. The van der Waals surface area contributed by atoms with E-state index in [-0.39, 0.29) is 21.3 Å². The maximum atomic E-state index is 12.5. The maximum Gasteiger partial charge on any atom is 0.405 e. The van der Waals surface area contributed by atoms with Gasteiger partial charge in [-0.2, -0.15) is 13.2 Å². The molecule has 0 atom stereocenters. The van der Waals surface area contributed by atoms with Crippen LogP contribution in [0.5, 0.6) is 0 Å². The Labute approximate surface area is 124 Å². The molecule has 10 heteroatoms. The molecule has 1 heterocycles. The van der Waals surface area contributed by atoms with Crippen LogP contribution in [0.25, 0.3) is 0 Å². The van der Waals surface area contributed by atoms with Gasteiger partial charge in [0.25, 0.3) is 0 Å². The zero-order valence-corrected chi connectivity index (χ0v) is 13.2. The van der Waals surface area contributed by atoms with Crippen LogP contribution in [-0.4, -0.2) is 39.7 Å². The number of sulfone groups is 1. The number of rotatable bonds is 5. The minimum absolute atomic E-state index is 0.0500. The highest BCUT2D eigenvalue weighted by Crippen LogP contribution is 2.42. The van der Waals surface area contributed by atoms with Crippen molar-refractivity contribution in [3.63, 3.8) is 0 Å². The maximum absolute atomic E-state index is 12.5. The Kier molecular flexibility index (Phi) is 4.94. The number of halogens is 3. The number of Topliss-reactive ketones (excluding diaryl/α,β-unsaturated/α-hetero) is 1. The van der Waals surface area contributed by atoms with Crippen molar-refractivity contribution in [1.82, 2.24) is 0 Å². The summed E-state index contributed by atoms with van der Waals surface area (Å²) in [6, 6.07) is 0. The molecule has 0 spiro atoms. The Hall–Kier alpha value is -1.29. The van der Waals surface area contributed by atoms with Crippen LogP contribution in [0.2, 0.25) is 0 Å². The van der Waals surface area contributed by atoms with Crippen molar-refractivity contribution in [1.29, 1.82) is 0 Å². The summed E-state index contributed by atoms with van der Waals surface area (Å²) in [6.07, 6.45) is -4.50. The van der Waals surface area contributed by atoms with Gasteiger partial charge in [0.1, 0.15) is 16.4 Å². The molecule has 0 bridgehead atoms. The molecule has 1 rings (SSSR count). The Morgan fingerprint density at radius 1 is 1.38 bits per heavy atom. The number of carbonyl (C=O) groups excluding carboxylic acids is 1. The topological polar surface area (TPSA) is 80.5 Å². The Bertz CT molecular complexity index is 650. The number of ketones is 1. The number of hydrogen-bond donors (Lipinski definition) is 1. The van der Waals surface area contributed by atoms with Gasteiger partial charge in [0.05, 0.1) is 16.3 Å². The van der Waals surface area contributed by atoms with Crippen molar-refractivity contribution in [2.75, 3.05) is 30.0 Å². The molecule has 0 radical (unpaired) electrons. The van der Waals surface area contributed by atoms with Gasteiger partial charge in [0.2, 0.25) is 0 Å². The quantitative estimate of drug-likeness (QED) is 0.829. The number of nitrogen functional groups attached to an aromatic ring is 1. The molecule has 0 aliphatic heterocycles. The van der Waals surface area contributed by atoms with E-state index >= 15 is 0 Å². The molecule has 0 aliphatic rings. The van der Waals surface area contributed by atoms with Crippen LogP contribution in [0.3, 0.4) is 0 Å². The zero-order valence-electron chi connectivity index (χ0n) is 11.6. The molecule has 21 heavy (non-hydrogen) atoms. The zero-order chi connectivity index (χ0) is 16.6. The van der Waals surface area contributed by atoms with E-state index in [0.29, 0.717) is 11.3 Å². The third kappa shape index (κ3) is 3.88. The van der Waals surface area contributed by atoms with Crippen LogP contribution in [-0.2, 0) is 9.84 Å². The van der Waals surface area contributed by atoms with Crippen LogP contribution in [0, 0.1) is 0 Å². The fourth-order valence-corrected chi connectivity index (χ4v) is 4.41. The number of nitrogens with two attached hydrogens (primary N) is 1. The smallest absolute Gasteiger partial charge is 0.396 e. The van der Waals surface area contributed by atoms with E-state index in [1.54, 1.807) is 0 Å². The standard InChI is InChI=1S/C11H15F3N2O3S2/c1-4-21(18,19)9-7(15)8(6(2)17)20-10(9)16(3)5-11(12,13)14/h4-5,15H2,1-3H3. The fourth-order valence-electron chi connectivity index (χ4n) is 1.71. The van der Waals surface area contributed by atoms with Gasteiger partial charge in [0, 0.05) is 14.0 Å². The van der Waals surface area contributed by atoms with Gasteiger partial charge >= 0.3 is 6.18 Å². The normalized spacial score (nSPS) is 12.5. The van der Waals surface area contributed by atoms with Gasteiger partial charge < -0.3 is 10.6 Å². The van der Waals surface area contributed by atoms with Gasteiger partial charge in [-0.15, -0.1) is 11.3 Å². The molecule has 1 aromatic heterocycles. The van der Waals surface area contributed by atoms with Crippen molar-refractivity contribution < 1.29 is 26.4 Å². The largest absolute Gasteiger partial charge is 0.405 e. The lowest BCUT2D eigenvalue weighted by atomic mass is 10.3. The monoisotopic (exact) mass is 344 g/mol. The molecule has 0 unspecified atom stereocenters. The lowest BCUT2D eigenvalue weighted by Gasteiger charge is -2.20. The van der Waals surface area contributed by atoms with E-state index in [1.807, 2.05) is 0 Å². The molecule has 5 nitrogen and oxygen atoms in total. The predicted molar refractivity (Wildman–Crippen MR) is 75.8 cm³/mol. The minimum Gasteiger partial charge on any atom is -0.396 e. The second-order valence-corrected chi connectivity index (χ2v) is 7.62. The third-order valence-electron chi connectivity index (χ3n) is 2.66. The van der Waals surface area contributed by atoms with E-state index in [1.165, 1.54) is 13.8 Å². The summed E-state index contributed by atoms with van der Waals surface area (Å²) in [7, 11) is -2.74. The second kappa shape index (κ2) is 5.84. The third-order valence-corrected chi connectivity index (χ3v) is 6.00. The van der Waals surface area contributed by atoms with E-state index in [4.69, 9.17) is 5.73 Å². The lowest BCUT2D eigenvalue weighted by molar-refractivity contribution is -0.119. The average Bonchev–Trinajstić information content (AvgIpc) is 2.65. The molecule has 0 amide bonds. The first-order valence-electron chi connectivity index (χ1n) is 5.84. The number of carbonyl (C=O) groups is 1. The highest BCUT2D eigenvalue weighted by Gasteiger charge is 2.34. The molecular weight excluding hydrogens is 329 g/mol. The van der Waals surface area contributed by atoms with Crippen molar-refractivity contribution in [2.45, 2.75) is 24.9 Å². The summed E-state index contributed by atoms with van der Waals surface area (Å²) in [5.74, 6) is -0.810. The van der Waals surface area contributed by atoms with E-state index in [0.717, 1.165) is 11.9 Å². The van der Waals surface area contributed by atoms with Gasteiger partial charge in [-0.05, 0) is 0 Å². The molecule has 120 valence electrons. The summed E-state index contributed by atoms with van der Waals surface area (Å²) in [4.78, 5) is 11.7. The first-order valence-corrected chi connectivity index (χ1v) is 8.31. The predicted octanol–water partition coefficient (Wildman–Crippen LogP) is 2.33. The number of thiophene rings is 1. The van der Waals surface area contributed by atoms with E-state index < -0.39 is 33.2 Å². The van der Waals surface area contributed by atoms with Crippen LogP contribution in [0.4, 0.5) is 23.9 Å². The first-order chi connectivity index (χ1) is 9.40. The molecule has 0 fully saturated rings. The molecule has 0 saturated carbocycles. The number of hydrogen-bond acceptors (Lipinski definition) is 6. The number of anilines is 2. The summed E-state index contributed by atoms with van der Waals surface area (Å²) in [5, 5.41) is -0.170. The van der Waals surface area contributed by atoms with Crippen molar-refractivity contribution in [2.24, 2.45) is 0 Å². The molecule has 0 aromatic carbocycles. The molecule has 2 N–H and O–H groups in total. The van der Waals surface area contributed by atoms with Gasteiger partial charge in [0.15, 0.2) is 15.6 Å². The van der Waals surface area contributed by atoms with E-state index in [9.17, 15) is 26.4 Å². The molecule has 0 aliphatic carbocycles.